The molecule has 0 bridgehead atoms. The van der Waals surface area contributed by atoms with Crippen LogP contribution in [0, 0.1) is 11.7 Å². The average Bonchev–Trinajstić information content (AvgIpc) is 2.75. The molecular weight excluding hydrogens is 329 g/mol. The topological polar surface area (TPSA) is 36.9 Å². The first kappa shape index (κ1) is 19.1. The van der Waals surface area contributed by atoms with Gasteiger partial charge in [-0.3, -0.25) is 4.99 Å². The van der Waals surface area contributed by atoms with Crippen molar-refractivity contribution in [2.45, 2.75) is 58.3 Å². The summed E-state index contributed by atoms with van der Waals surface area (Å²) in [5.74, 6) is 1.20. The highest BCUT2D eigenvalue weighted by molar-refractivity contribution is 6.02. The zero-order chi connectivity index (χ0) is 18.7. The van der Waals surface area contributed by atoms with Crippen LogP contribution in [0.3, 0.4) is 0 Å². The van der Waals surface area contributed by atoms with Gasteiger partial charge in [-0.2, -0.15) is 0 Å². The fourth-order valence-corrected chi connectivity index (χ4v) is 4.10. The van der Waals surface area contributed by atoms with Gasteiger partial charge in [-0.05, 0) is 63.3 Å². The quantitative estimate of drug-likeness (QED) is 0.647. The molecule has 0 spiro atoms. The Hall–Kier alpha value is -1.72. The molecular formula is C21H30FN3O. The molecule has 1 aromatic rings. The van der Waals surface area contributed by atoms with Crippen molar-refractivity contribution in [1.82, 2.24) is 5.32 Å². The number of halogens is 1. The van der Waals surface area contributed by atoms with Gasteiger partial charge in [-0.25, -0.2) is 4.39 Å². The molecule has 1 aliphatic heterocycles. The Kier molecular flexibility index (Phi) is 6.09. The Morgan fingerprint density at radius 3 is 2.65 bits per heavy atom. The van der Waals surface area contributed by atoms with Gasteiger partial charge in [0.25, 0.3) is 0 Å². The second-order valence-corrected chi connectivity index (χ2v) is 7.52. The van der Waals surface area contributed by atoms with Crippen molar-refractivity contribution < 1.29 is 9.13 Å². The van der Waals surface area contributed by atoms with Crippen LogP contribution in [0.1, 0.15) is 45.1 Å². The first-order valence-corrected chi connectivity index (χ1v) is 9.58. The van der Waals surface area contributed by atoms with Crippen LogP contribution in [0.4, 0.5) is 10.1 Å². The molecule has 1 heterocycles. The van der Waals surface area contributed by atoms with E-state index in [1.54, 1.807) is 6.07 Å². The zero-order valence-corrected chi connectivity index (χ0v) is 16.1. The highest BCUT2D eigenvalue weighted by Gasteiger charge is 2.31. The number of nitrogens with zero attached hydrogens (tertiary/aromatic N) is 2. The van der Waals surface area contributed by atoms with Crippen LogP contribution < -0.4 is 10.2 Å². The minimum atomic E-state index is -0.209. The summed E-state index contributed by atoms with van der Waals surface area (Å²) in [6, 6.07) is 4.97. The maximum Gasteiger partial charge on any atom is 0.123 e. The third-order valence-corrected chi connectivity index (χ3v) is 5.21. The van der Waals surface area contributed by atoms with Crippen molar-refractivity contribution in [1.29, 1.82) is 0 Å². The van der Waals surface area contributed by atoms with E-state index in [9.17, 15) is 4.39 Å². The first-order valence-electron chi connectivity index (χ1n) is 9.58. The molecule has 0 amide bonds. The van der Waals surface area contributed by atoms with Crippen molar-refractivity contribution in [2.24, 2.45) is 10.9 Å². The van der Waals surface area contributed by atoms with Gasteiger partial charge in [0.1, 0.15) is 11.7 Å². The molecule has 0 unspecified atom stereocenters. The van der Waals surface area contributed by atoms with Crippen LogP contribution >= 0.6 is 0 Å². The number of hydrogen-bond acceptors (Lipinski definition) is 3. The largest absolute Gasteiger partial charge is 0.376 e. The third-order valence-electron chi connectivity index (χ3n) is 5.21. The van der Waals surface area contributed by atoms with Crippen molar-refractivity contribution in [3.63, 3.8) is 0 Å². The smallest absolute Gasteiger partial charge is 0.123 e. The summed E-state index contributed by atoms with van der Waals surface area (Å²) >= 11 is 0. The van der Waals surface area contributed by atoms with Gasteiger partial charge in [0.05, 0.1) is 17.9 Å². The maximum atomic E-state index is 13.7. The van der Waals surface area contributed by atoms with Crippen LogP contribution in [0.2, 0.25) is 0 Å². The number of aliphatic imine (C=N–C) groups is 1. The standard InChI is InChI=1S/C21H30FN3O/c1-14(2)26-19-8-5-16(6-9-19)21(23-4)25-15(3)12-24-13-17-11-18(22)7-10-20(17)25/h7,10-11,14,16,19,24H,3,5-6,8-9,12-13H2,1-2,4H3. The highest BCUT2D eigenvalue weighted by atomic mass is 19.1. The van der Waals surface area contributed by atoms with Crippen molar-refractivity contribution in [2.75, 3.05) is 18.5 Å². The molecule has 5 heteroatoms. The monoisotopic (exact) mass is 359 g/mol. The molecule has 1 saturated carbocycles. The van der Waals surface area contributed by atoms with Gasteiger partial charge >= 0.3 is 0 Å². The maximum absolute atomic E-state index is 13.7. The molecule has 2 aliphatic rings. The Balaban J connectivity index is 1.83. The number of rotatable bonds is 3. The van der Waals surface area contributed by atoms with Crippen molar-refractivity contribution in [3.8, 4) is 0 Å². The van der Waals surface area contributed by atoms with E-state index in [1.165, 1.54) is 6.07 Å². The van der Waals surface area contributed by atoms with E-state index in [2.05, 4.69) is 35.6 Å². The average molecular weight is 359 g/mol. The van der Waals surface area contributed by atoms with Crippen molar-refractivity contribution in [3.05, 3.63) is 41.9 Å². The van der Waals surface area contributed by atoms with Gasteiger partial charge in [0.15, 0.2) is 0 Å². The van der Waals surface area contributed by atoms with Gasteiger partial charge in [-0.1, -0.05) is 6.58 Å². The molecule has 1 fully saturated rings. The normalized spacial score (nSPS) is 24.6. The molecule has 0 atom stereocenters. The van der Waals surface area contributed by atoms with E-state index in [0.29, 0.717) is 25.1 Å². The summed E-state index contributed by atoms with van der Waals surface area (Å²) in [6.45, 7) is 9.75. The van der Waals surface area contributed by atoms with Crippen molar-refractivity contribution >= 4 is 11.5 Å². The summed E-state index contributed by atoms with van der Waals surface area (Å²) in [5, 5.41) is 3.34. The minimum Gasteiger partial charge on any atom is -0.376 e. The molecule has 4 nitrogen and oxygen atoms in total. The lowest BCUT2D eigenvalue weighted by atomic mass is 9.85. The lowest BCUT2D eigenvalue weighted by Crippen LogP contribution is -2.39. The molecule has 0 radical (unpaired) electrons. The van der Waals surface area contributed by atoms with Crippen LogP contribution in [0.5, 0.6) is 0 Å². The Labute approximate surface area is 156 Å². The number of hydrogen-bond donors (Lipinski definition) is 1. The van der Waals surface area contributed by atoms with Gasteiger partial charge in [0, 0.05) is 31.8 Å². The zero-order valence-electron chi connectivity index (χ0n) is 16.1. The van der Waals surface area contributed by atoms with E-state index >= 15 is 0 Å². The predicted octanol–water partition coefficient (Wildman–Crippen LogP) is 4.26. The molecule has 26 heavy (non-hydrogen) atoms. The molecule has 0 saturated heterocycles. The number of ether oxygens (including phenoxy) is 1. The van der Waals surface area contributed by atoms with E-state index in [-0.39, 0.29) is 11.9 Å². The summed E-state index contributed by atoms with van der Waals surface area (Å²) in [4.78, 5) is 6.80. The molecule has 3 rings (SSSR count). The fourth-order valence-electron chi connectivity index (χ4n) is 4.10. The molecule has 1 aliphatic carbocycles. The number of nitrogens with one attached hydrogen (secondary N) is 1. The summed E-state index contributed by atoms with van der Waals surface area (Å²) in [6.07, 6.45) is 4.83. The highest BCUT2D eigenvalue weighted by Crippen LogP contribution is 2.34. The Morgan fingerprint density at radius 2 is 2.00 bits per heavy atom. The Morgan fingerprint density at radius 1 is 1.27 bits per heavy atom. The minimum absolute atomic E-state index is 0.209. The van der Waals surface area contributed by atoms with Crippen LogP contribution in [0.25, 0.3) is 0 Å². The number of fused-ring (bicyclic) bond motifs is 1. The van der Waals surface area contributed by atoms with Crippen LogP contribution in [0.15, 0.2) is 35.5 Å². The van der Waals surface area contributed by atoms with Gasteiger partial charge < -0.3 is 15.0 Å². The predicted molar refractivity (Wildman–Crippen MR) is 105 cm³/mol. The fraction of sp³-hybridized carbons (Fsp3) is 0.571. The van der Waals surface area contributed by atoms with Gasteiger partial charge in [-0.15, -0.1) is 0 Å². The van der Waals surface area contributed by atoms with E-state index < -0.39 is 0 Å². The van der Waals surface area contributed by atoms with E-state index in [1.807, 2.05) is 13.1 Å². The van der Waals surface area contributed by atoms with Crippen LogP contribution in [-0.2, 0) is 11.3 Å². The van der Waals surface area contributed by atoms with Gasteiger partial charge in [0.2, 0.25) is 0 Å². The lowest BCUT2D eigenvalue weighted by molar-refractivity contribution is -0.0154. The molecule has 1 N–H and O–H groups in total. The second kappa shape index (κ2) is 8.31. The summed E-state index contributed by atoms with van der Waals surface area (Å²) in [5.41, 5.74) is 2.89. The van der Waals surface area contributed by atoms with E-state index in [4.69, 9.17) is 4.74 Å². The number of anilines is 1. The second-order valence-electron chi connectivity index (χ2n) is 7.52. The molecule has 0 aromatic heterocycles. The number of amidine groups is 1. The molecule has 142 valence electrons. The lowest BCUT2D eigenvalue weighted by Gasteiger charge is -2.36. The third kappa shape index (κ3) is 4.15. The van der Waals surface area contributed by atoms with E-state index in [0.717, 1.165) is 48.5 Å². The first-order chi connectivity index (χ1) is 12.5. The van der Waals surface area contributed by atoms with Crippen LogP contribution in [-0.4, -0.2) is 31.6 Å². The molecule has 1 aromatic carbocycles. The number of benzene rings is 1. The Bertz CT molecular complexity index is 678. The summed E-state index contributed by atoms with van der Waals surface area (Å²) < 4.78 is 19.7. The summed E-state index contributed by atoms with van der Waals surface area (Å²) in [7, 11) is 1.85. The SMILES string of the molecule is C=C1CNCc2cc(F)ccc2N1C(=NC)C1CCC(OC(C)C)CC1.